The Hall–Kier alpha value is -3.16. The normalized spacial score (nSPS) is 19.1. The lowest BCUT2D eigenvalue weighted by molar-refractivity contribution is -0.136. The predicted molar refractivity (Wildman–Crippen MR) is 118 cm³/mol. The Morgan fingerprint density at radius 2 is 1.87 bits per heavy atom. The van der Waals surface area contributed by atoms with Crippen molar-refractivity contribution < 1.29 is 14.3 Å². The van der Waals surface area contributed by atoms with Crippen molar-refractivity contribution in [2.45, 2.75) is 27.2 Å². The first kappa shape index (κ1) is 21.1. The van der Waals surface area contributed by atoms with Crippen molar-refractivity contribution in [3.05, 3.63) is 41.9 Å². The number of hydrogen-bond donors (Lipinski definition) is 0. The maximum absolute atomic E-state index is 13.2. The molecule has 164 valence electrons. The third-order valence-corrected chi connectivity index (χ3v) is 5.80. The number of aryl methyl sites for hydroxylation is 2. The monoisotopic (exact) mass is 423 g/mol. The van der Waals surface area contributed by atoms with Crippen LogP contribution in [0.2, 0.25) is 0 Å². The number of piperazine rings is 1. The van der Waals surface area contributed by atoms with Crippen molar-refractivity contribution >= 4 is 23.3 Å². The highest BCUT2D eigenvalue weighted by Crippen LogP contribution is 2.33. The molecule has 0 N–H and O–H groups in total. The van der Waals surface area contributed by atoms with E-state index in [1.807, 2.05) is 56.0 Å². The van der Waals surface area contributed by atoms with Crippen LogP contribution in [0.1, 0.15) is 24.9 Å². The van der Waals surface area contributed by atoms with Crippen LogP contribution in [0.4, 0.5) is 11.5 Å². The van der Waals surface area contributed by atoms with E-state index in [0.717, 1.165) is 36.1 Å². The Morgan fingerprint density at radius 1 is 1.13 bits per heavy atom. The van der Waals surface area contributed by atoms with Gasteiger partial charge in [0.1, 0.15) is 17.4 Å². The molecule has 1 atom stereocenters. The van der Waals surface area contributed by atoms with Crippen LogP contribution in [-0.4, -0.2) is 66.0 Å². The largest absolute Gasteiger partial charge is 0.492 e. The second-order valence-corrected chi connectivity index (χ2v) is 8.03. The average molecular weight is 424 g/mol. The summed E-state index contributed by atoms with van der Waals surface area (Å²) in [7, 11) is 0. The van der Waals surface area contributed by atoms with Gasteiger partial charge in [0, 0.05) is 50.9 Å². The van der Waals surface area contributed by atoms with E-state index in [-0.39, 0.29) is 24.2 Å². The minimum absolute atomic E-state index is 0.0314. The number of carbonyl (C=O) groups is 2. The van der Waals surface area contributed by atoms with Crippen LogP contribution in [-0.2, 0) is 9.59 Å². The average Bonchev–Trinajstić information content (AvgIpc) is 3.15. The number of nitrogens with zero attached hydrogens (tertiary/aromatic N) is 5. The first-order valence-corrected chi connectivity index (χ1v) is 10.8. The van der Waals surface area contributed by atoms with Crippen molar-refractivity contribution in [3.63, 3.8) is 0 Å². The number of aromatic nitrogens is 2. The van der Waals surface area contributed by atoms with Gasteiger partial charge in [0.05, 0.1) is 18.2 Å². The molecule has 0 spiro atoms. The van der Waals surface area contributed by atoms with Crippen LogP contribution in [0, 0.1) is 19.8 Å². The van der Waals surface area contributed by atoms with Crippen LogP contribution in [0.5, 0.6) is 5.75 Å². The fourth-order valence-corrected chi connectivity index (χ4v) is 4.34. The van der Waals surface area contributed by atoms with Gasteiger partial charge in [-0.2, -0.15) is 0 Å². The van der Waals surface area contributed by atoms with Crippen molar-refractivity contribution in [1.82, 2.24) is 14.9 Å². The molecule has 0 bridgehead atoms. The molecule has 2 amide bonds. The SMILES string of the molecule is CCOc1ccccc1N1CC(C(=O)N2CCN(c3cc(C)nc(C)n3)CC2)CC1=O. The minimum atomic E-state index is -0.322. The third kappa shape index (κ3) is 4.47. The molecule has 8 heteroatoms. The number of amides is 2. The molecule has 0 radical (unpaired) electrons. The van der Waals surface area contributed by atoms with Crippen LogP contribution in [0.15, 0.2) is 30.3 Å². The van der Waals surface area contributed by atoms with E-state index in [1.165, 1.54) is 0 Å². The second kappa shape index (κ2) is 8.91. The zero-order valence-corrected chi connectivity index (χ0v) is 18.4. The highest BCUT2D eigenvalue weighted by atomic mass is 16.5. The van der Waals surface area contributed by atoms with Gasteiger partial charge < -0.3 is 19.4 Å². The zero-order chi connectivity index (χ0) is 22.0. The number of carbonyl (C=O) groups excluding carboxylic acids is 2. The smallest absolute Gasteiger partial charge is 0.228 e. The summed E-state index contributed by atoms with van der Waals surface area (Å²) in [5.74, 6) is 2.04. The Kier molecular flexibility index (Phi) is 6.06. The van der Waals surface area contributed by atoms with Crippen molar-refractivity contribution in [1.29, 1.82) is 0 Å². The van der Waals surface area contributed by atoms with Gasteiger partial charge in [-0.15, -0.1) is 0 Å². The summed E-state index contributed by atoms with van der Waals surface area (Å²) in [5.41, 5.74) is 1.68. The van der Waals surface area contributed by atoms with Crippen molar-refractivity contribution in [3.8, 4) is 5.75 Å². The summed E-state index contributed by atoms with van der Waals surface area (Å²) >= 11 is 0. The summed E-state index contributed by atoms with van der Waals surface area (Å²) in [6.07, 6.45) is 0.240. The number of anilines is 2. The summed E-state index contributed by atoms with van der Waals surface area (Å²) in [6.45, 7) is 9.38. The molecule has 2 aromatic rings. The van der Waals surface area contributed by atoms with Gasteiger partial charge in [-0.25, -0.2) is 9.97 Å². The van der Waals surface area contributed by atoms with E-state index in [1.54, 1.807) is 4.90 Å². The lowest BCUT2D eigenvalue weighted by Crippen LogP contribution is -2.51. The zero-order valence-electron chi connectivity index (χ0n) is 18.4. The fraction of sp³-hybridized carbons (Fsp3) is 0.478. The molecule has 1 aromatic carbocycles. The highest BCUT2D eigenvalue weighted by molar-refractivity contribution is 6.01. The van der Waals surface area contributed by atoms with Crippen molar-refractivity contribution in [2.24, 2.45) is 5.92 Å². The van der Waals surface area contributed by atoms with E-state index in [0.29, 0.717) is 32.0 Å². The van der Waals surface area contributed by atoms with Gasteiger partial charge in [-0.05, 0) is 32.9 Å². The lowest BCUT2D eigenvalue weighted by Gasteiger charge is -2.36. The molecule has 3 heterocycles. The first-order chi connectivity index (χ1) is 15.0. The molecule has 8 nitrogen and oxygen atoms in total. The Bertz CT molecular complexity index is 951. The van der Waals surface area contributed by atoms with Gasteiger partial charge in [-0.3, -0.25) is 9.59 Å². The molecule has 2 aliphatic rings. The maximum atomic E-state index is 13.2. The molecule has 2 saturated heterocycles. The quantitative estimate of drug-likeness (QED) is 0.734. The number of ether oxygens (including phenoxy) is 1. The summed E-state index contributed by atoms with van der Waals surface area (Å²) in [4.78, 5) is 40.5. The van der Waals surface area contributed by atoms with Gasteiger partial charge >= 0.3 is 0 Å². The Balaban J connectivity index is 1.39. The Labute approximate surface area is 182 Å². The van der Waals surface area contributed by atoms with E-state index in [9.17, 15) is 9.59 Å². The Morgan fingerprint density at radius 3 is 2.58 bits per heavy atom. The summed E-state index contributed by atoms with van der Waals surface area (Å²) in [6, 6.07) is 9.49. The molecule has 4 rings (SSSR count). The van der Waals surface area contributed by atoms with Gasteiger partial charge in [0.15, 0.2) is 0 Å². The molecule has 1 aromatic heterocycles. The number of benzene rings is 1. The fourth-order valence-electron chi connectivity index (χ4n) is 4.34. The molecular weight excluding hydrogens is 394 g/mol. The van der Waals surface area contributed by atoms with Crippen LogP contribution in [0.3, 0.4) is 0 Å². The molecule has 0 saturated carbocycles. The van der Waals surface area contributed by atoms with Gasteiger partial charge in [0.25, 0.3) is 0 Å². The van der Waals surface area contributed by atoms with E-state index in [4.69, 9.17) is 4.74 Å². The second-order valence-electron chi connectivity index (χ2n) is 8.03. The van der Waals surface area contributed by atoms with Gasteiger partial charge in [-0.1, -0.05) is 12.1 Å². The third-order valence-electron chi connectivity index (χ3n) is 5.80. The maximum Gasteiger partial charge on any atom is 0.228 e. The van der Waals surface area contributed by atoms with E-state index >= 15 is 0 Å². The molecule has 1 unspecified atom stereocenters. The molecule has 0 aliphatic carbocycles. The topological polar surface area (TPSA) is 78.9 Å². The van der Waals surface area contributed by atoms with Crippen molar-refractivity contribution in [2.75, 3.05) is 49.1 Å². The minimum Gasteiger partial charge on any atom is -0.492 e. The molecule has 31 heavy (non-hydrogen) atoms. The molecule has 2 aliphatic heterocycles. The standard InChI is InChI=1S/C23H29N5O3/c1-4-31-20-8-6-5-7-19(20)28-15-18(14-22(28)29)23(30)27-11-9-26(10-12-27)21-13-16(2)24-17(3)25-21/h5-8,13,18H,4,9-12,14-15H2,1-3H3. The van der Waals surface area contributed by atoms with Gasteiger partial charge in [0.2, 0.25) is 11.8 Å². The van der Waals surface area contributed by atoms with E-state index < -0.39 is 0 Å². The van der Waals surface area contributed by atoms with Crippen LogP contribution >= 0.6 is 0 Å². The van der Waals surface area contributed by atoms with Crippen LogP contribution < -0.4 is 14.5 Å². The number of para-hydroxylation sites is 2. The molecule has 2 fully saturated rings. The predicted octanol–water partition coefficient (Wildman–Crippen LogP) is 2.19. The van der Waals surface area contributed by atoms with Crippen LogP contribution in [0.25, 0.3) is 0 Å². The summed E-state index contributed by atoms with van der Waals surface area (Å²) in [5, 5.41) is 0. The van der Waals surface area contributed by atoms with E-state index in [2.05, 4.69) is 14.9 Å². The highest BCUT2D eigenvalue weighted by Gasteiger charge is 2.38. The first-order valence-electron chi connectivity index (χ1n) is 10.8. The molecular formula is C23H29N5O3. The number of hydrogen-bond acceptors (Lipinski definition) is 6. The lowest BCUT2D eigenvalue weighted by atomic mass is 10.1. The summed E-state index contributed by atoms with van der Waals surface area (Å²) < 4.78 is 5.68. The number of rotatable bonds is 5.